The van der Waals surface area contributed by atoms with E-state index in [0.717, 1.165) is 9.90 Å². The van der Waals surface area contributed by atoms with E-state index in [1.54, 1.807) is 11.7 Å². The molecule has 0 bridgehead atoms. The summed E-state index contributed by atoms with van der Waals surface area (Å²) in [6, 6.07) is 1.82. The minimum Gasteiger partial charge on any atom is -0.293 e. The second kappa shape index (κ2) is 4.21. The van der Waals surface area contributed by atoms with Crippen molar-refractivity contribution in [2.24, 2.45) is 0 Å². The van der Waals surface area contributed by atoms with Crippen LogP contribution in [-0.4, -0.2) is 10.8 Å². The fraction of sp³-hybridized carbons (Fsp3) is 0.111. The lowest BCUT2D eigenvalue weighted by molar-refractivity contribution is 0.0997. The van der Waals surface area contributed by atoms with Gasteiger partial charge in [0.15, 0.2) is 5.78 Å². The molecule has 72 valence electrons. The van der Waals surface area contributed by atoms with Crippen molar-refractivity contribution in [1.29, 1.82) is 0 Å². The summed E-state index contributed by atoms with van der Waals surface area (Å²) in [4.78, 5) is 16.2. The lowest BCUT2D eigenvalue weighted by atomic mass is 10.1. The molecule has 0 aromatic carbocycles. The van der Waals surface area contributed by atoms with Crippen LogP contribution in [0.5, 0.6) is 0 Å². The first-order valence-electron chi connectivity index (χ1n) is 3.90. The smallest absolute Gasteiger partial charge is 0.178 e. The molecule has 0 saturated heterocycles. The van der Waals surface area contributed by atoms with Crippen molar-refractivity contribution >= 4 is 40.1 Å². The van der Waals surface area contributed by atoms with Crippen molar-refractivity contribution in [3.63, 3.8) is 0 Å². The molecule has 2 aromatic heterocycles. The molecule has 0 atom stereocenters. The normalized spacial score (nSPS) is 10.4. The fourth-order valence-electron chi connectivity index (χ4n) is 1.06. The van der Waals surface area contributed by atoms with E-state index in [9.17, 15) is 4.79 Å². The molecular formula is C9H6ClNOS2. The number of ketones is 1. The van der Waals surface area contributed by atoms with Gasteiger partial charge in [0.05, 0.1) is 14.7 Å². The second-order valence-electron chi connectivity index (χ2n) is 2.72. The van der Waals surface area contributed by atoms with Gasteiger partial charge in [0.25, 0.3) is 0 Å². The molecule has 0 aliphatic carbocycles. The van der Waals surface area contributed by atoms with Crippen LogP contribution in [0, 0.1) is 0 Å². The number of rotatable bonds is 3. The van der Waals surface area contributed by atoms with Crippen molar-refractivity contribution in [2.45, 2.75) is 6.42 Å². The zero-order valence-corrected chi connectivity index (χ0v) is 9.46. The summed E-state index contributed by atoms with van der Waals surface area (Å²) < 4.78 is 0.720. The Morgan fingerprint density at radius 2 is 2.36 bits per heavy atom. The molecule has 0 aliphatic rings. The maximum absolute atomic E-state index is 11.6. The molecule has 5 heteroatoms. The summed E-state index contributed by atoms with van der Waals surface area (Å²) in [6.45, 7) is 0. The Balaban J connectivity index is 2.09. The Hall–Kier alpha value is -0.710. The van der Waals surface area contributed by atoms with Crippen LogP contribution in [0.15, 0.2) is 23.2 Å². The third-order valence-corrected chi connectivity index (χ3v) is 3.65. The molecule has 0 aliphatic heterocycles. The number of thiazole rings is 1. The Kier molecular flexibility index (Phi) is 2.96. The van der Waals surface area contributed by atoms with E-state index in [-0.39, 0.29) is 5.78 Å². The molecule has 0 N–H and O–H groups in total. The summed E-state index contributed by atoms with van der Waals surface area (Å²) >= 11 is 8.58. The van der Waals surface area contributed by atoms with Crippen LogP contribution in [0.2, 0.25) is 4.34 Å². The van der Waals surface area contributed by atoms with Gasteiger partial charge in [0, 0.05) is 12.6 Å². The molecule has 2 aromatic rings. The summed E-state index contributed by atoms with van der Waals surface area (Å²) in [5.74, 6) is 0.0990. The molecule has 2 rings (SSSR count). The van der Waals surface area contributed by atoms with Gasteiger partial charge >= 0.3 is 0 Å². The van der Waals surface area contributed by atoms with E-state index in [2.05, 4.69) is 4.98 Å². The number of nitrogens with zero attached hydrogens (tertiary/aromatic N) is 1. The summed E-state index contributed by atoms with van der Waals surface area (Å²) in [6.07, 6.45) is 2.01. The summed E-state index contributed by atoms with van der Waals surface area (Å²) in [5.41, 5.74) is 2.63. The lowest BCUT2D eigenvalue weighted by Gasteiger charge is -1.92. The number of aromatic nitrogens is 1. The highest BCUT2D eigenvalue weighted by Crippen LogP contribution is 2.21. The number of hydrogen-bond donors (Lipinski definition) is 0. The van der Waals surface area contributed by atoms with E-state index < -0.39 is 0 Å². The van der Waals surface area contributed by atoms with E-state index in [1.165, 1.54) is 22.7 Å². The quantitative estimate of drug-likeness (QED) is 0.775. The maximum Gasteiger partial charge on any atom is 0.178 e. The van der Waals surface area contributed by atoms with Gasteiger partial charge in [-0.2, -0.15) is 0 Å². The molecule has 2 heterocycles. The lowest BCUT2D eigenvalue weighted by Crippen LogP contribution is -1.99. The molecule has 0 amide bonds. The van der Waals surface area contributed by atoms with Gasteiger partial charge in [-0.05, 0) is 17.0 Å². The van der Waals surface area contributed by atoms with Crippen LogP contribution < -0.4 is 0 Å². The molecule has 14 heavy (non-hydrogen) atoms. The first-order valence-corrected chi connectivity index (χ1v) is 6.04. The standard InChI is InChI=1S/C9H6ClNOS2/c10-9-2-6(4-13-9)1-7(12)8-3-11-5-14-8/h2-5H,1H2. The fourth-order valence-corrected chi connectivity index (χ4v) is 2.53. The number of carbonyl (C=O) groups excluding carboxylic acids is 1. The topological polar surface area (TPSA) is 30.0 Å². The van der Waals surface area contributed by atoms with Crippen LogP contribution in [0.1, 0.15) is 15.2 Å². The second-order valence-corrected chi connectivity index (χ2v) is 5.15. The zero-order valence-electron chi connectivity index (χ0n) is 7.07. The number of Topliss-reactive ketones (excluding diaryl/α,β-unsaturated/α-hetero) is 1. The molecule has 0 fully saturated rings. The Morgan fingerprint density at radius 1 is 1.50 bits per heavy atom. The van der Waals surface area contributed by atoms with E-state index in [4.69, 9.17) is 11.6 Å². The van der Waals surface area contributed by atoms with Crippen LogP contribution in [0.4, 0.5) is 0 Å². The molecule has 0 spiro atoms. The molecule has 0 saturated carbocycles. The molecule has 2 nitrogen and oxygen atoms in total. The highest BCUT2D eigenvalue weighted by molar-refractivity contribution is 7.14. The Labute approximate surface area is 94.2 Å². The first kappa shape index (κ1) is 9.83. The highest BCUT2D eigenvalue weighted by atomic mass is 35.5. The van der Waals surface area contributed by atoms with Gasteiger partial charge in [-0.15, -0.1) is 22.7 Å². The van der Waals surface area contributed by atoms with Gasteiger partial charge in [-0.1, -0.05) is 11.6 Å². The van der Waals surface area contributed by atoms with Crippen molar-refractivity contribution in [3.05, 3.63) is 37.9 Å². The van der Waals surface area contributed by atoms with Crippen LogP contribution in [0.3, 0.4) is 0 Å². The largest absolute Gasteiger partial charge is 0.293 e. The van der Waals surface area contributed by atoms with Gasteiger partial charge < -0.3 is 0 Å². The first-order chi connectivity index (χ1) is 6.75. The Bertz CT molecular complexity index is 435. The average molecular weight is 244 g/mol. The number of halogens is 1. The third kappa shape index (κ3) is 2.20. The zero-order chi connectivity index (χ0) is 9.97. The van der Waals surface area contributed by atoms with Gasteiger partial charge in [0.1, 0.15) is 0 Å². The maximum atomic E-state index is 11.6. The van der Waals surface area contributed by atoms with Gasteiger partial charge in [0.2, 0.25) is 0 Å². The van der Waals surface area contributed by atoms with E-state index in [0.29, 0.717) is 11.3 Å². The van der Waals surface area contributed by atoms with E-state index in [1.807, 2.05) is 11.4 Å². The minimum absolute atomic E-state index is 0.0990. The predicted molar refractivity (Wildman–Crippen MR) is 59.5 cm³/mol. The number of hydrogen-bond acceptors (Lipinski definition) is 4. The van der Waals surface area contributed by atoms with Crippen molar-refractivity contribution in [3.8, 4) is 0 Å². The molecule has 0 unspecified atom stereocenters. The van der Waals surface area contributed by atoms with Crippen LogP contribution >= 0.6 is 34.3 Å². The monoisotopic (exact) mass is 243 g/mol. The van der Waals surface area contributed by atoms with Gasteiger partial charge in [-0.3, -0.25) is 9.78 Å². The van der Waals surface area contributed by atoms with Crippen molar-refractivity contribution in [1.82, 2.24) is 4.98 Å². The van der Waals surface area contributed by atoms with Crippen LogP contribution in [-0.2, 0) is 6.42 Å². The summed E-state index contributed by atoms with van der Waals surface area (Å²) in [5, 5.41) is 1.90. The molecule has 0 radical (unpaired) electrons. The van der Waals surface area contributed by atoms with E-state index >= 15 is 0 Å². The third-order valence-electron chi connectivity index (χ3n) is 1.69. The SMILES string of the molecule is O=C(Cc1csc(Cl)c1)c1cncs1. The van der Waals surface area contributed by atoms with Crippen LogP contribution in [0.25, 0.3) is 0 Å². The van der Waals surface area contributed by atoms with Crippen molar-refractivity contribution in [2.75, 3.05) is 0 Å². The highest BCUT2D eigenvalue weighted by Gasteiger charge is 2.09. The van der Waals surface area contributed by atoms with Gasteiger partial charge in [-0.25, -0.2) is 0 Å². The molecular weight excluding hydrogens is 238 g/mol. The summed E-state index contributed by atoms with van der Waals surface area (Å²) in [7, 11) is 0. The number of thiophene rings is 1. The number of carbonyl (C=O) groups is 1. The minimum atomic E-state index is 0.0990. The Morgan fingerprint density at radius 3 is 2.93 bits per heavy atom. The van der Waals surface area contributed by atoms with Crippen molar-refractivity contribution < 1.29 is 4.79 Å². The predicted octanol–water partition coefficient (Wildman–Crippen LogP) is 3.28. The average Bonchev–Trinajstić information content (AvgIpc) is 2.75.